The first-order valence-corrected chi connectivity index (χ1v) is 15.3. The molecule has 0 fully saturated rings. The number of aromatic carboxylic acids is 1. The van der Waals surface area contributed by atoms with Crippen LogP contribution in [0, 0.1) is 0 Å². The largest absolute Gasteiger partial charge is 0.478 e. The summed E-state index contributed by atoms with van der Waals surface area (Å²) < 4.78 is 44.8. The average Bonchev–Trinajstić information content (AvgIpc) is 3.42. The van der Waals surface area contributed by atoms with Crippen LogP contribution in [0.2, 0.25) is 0 Å². The minimum absolute atomic E-state index is 0.130. The number of H-pyrrole nitrogens is 1. The highest BCUT2D eigenvalue weighted by Crippen LogP contribution is 2.32. The molecule has 0 aliphatic heterocycles. The van der Waals surface area contributed by atoms with Crippen molar-refractivity contribution in [3.8, 4) is 0 Å². The number of aromatic nitrogens is 3. The number of ether oxygens (including phenoxy) is 1. The second kappa shape index (κ2) is 13.8. The zero-order valence-corrected chi connectivity index (χ0v) is 26.4. The zero-order valence-electron chi connectivity index (χ0n) is 26.4. The molecule has 10 nitrogen and oxygen atoms in total. The number of rotatable bonds is 12. The molecule has 0 aliphatic rings. The number of unbranched alkanes of at least 4 members (excludes halogenated alkanes) is 1. The van der Waals surface area contributed by atoms with E-state index in [1.54, 1.807) is 29.4 Å². The Balaban J connectivity index is 1.18. The highest BCUT2D eigenvalue weighted by Gasteiger charge is 2.30. The van der Waals surface area contributed by atoms with E-state index < -0.39 is 29.4 Å². The van der Waals surface area contributed by atoms with Gasteiger partial charge in [0.2, 0.25) is 0 Å². The van der Waals surface area contributed by atoms with Gasteiger partial charge < -0.3 is 30.4 Å². The SMILES string of the molecule is CC(C)(C)OC(=O)N(CCCCNCc1cc2cc(C(F)(F)F)ccc2[nH]1)CCNc1nc2cc(C(=O)O)ccc2c2cnccc12. The Bertz CT molecular complexity index is 1900. The lowest BCUT2D eigenvalue weighted by molar-refractivity contribution is -0.137. The minimum atomic E-state index is -4.39. The van der Waals surface area contributed by atoms with Crippen LogP contribution >= 0.6 is 0 Å². The first kappa shape index (κ1) is 33.5. The first-order chi connectivity index (χ1) is 22.3. The van der Waals surface area contributed by atoms with Crippen molar-refractivity contribution in [3.05, 3.63) is 77.7 Å². The number of carboxylic acid groups (broad SMARTS) is 1. The lowest BCUT2D eigenvalue weighted by atomic mass is 10.1. The van der Waals surface area contributed by atoms with E-state index in [4.69, 9.17) is 9.72 Å². The van der Waals surface area contributed by atoms with Crippen molar-refractivity contribution in [3.63, 3.8) is 0 Å². The van der Waals surface area contributed by atoms with Gasteiger partial charge in [-0.2, -0.15) is 13.2 Å². The summed E-state index contributed by atoms with van der Waals surface area (Å²) in [5.74, 6) is -0.490. The normalized spacial score (nSPS) is 12.1. The van der Waals surface area contributed by atoms with Crippen LogP contribution in [0.1, 0.15) is 55.2 Å². The molecule has 0 spiro atoms. The van der Waals surface area contributed by atoms with Crippen LogP contribution in [0.25, 0.3) is 32.6 Å². The molecule has 3 aromatic heterocycles. The number of pyridine rings is 2. The third-order valence-corrected chi connectivity index (χ3v) is 7.52. The summed E-state index contributed by atoms with van der Waals surface area (Å²) in [5, 5.41) is 19.0. The van der Waals surface area contributed by atoms with Crippen LogP contribution < -0.4 is 10.6 Å². The van der Waals surface area contributed by atoms with Gasteiger partial charge in [0.1, 0.15) is 11.4 Å². The molecule has 0 atom stereocenters. The van der Waals surface area contributed by atoms with Gasteiger partial charge in [-0.3, -0.25) is 4.98 Å². The molecule has 0 aliphatic carbocycles. The maximum atomic E-state index is 13.1. The van der Waals surface area contributed by atoms with E-state index in [0.717, 1.165) is 40.4 Å². The summed E-state index contributed by atoms with van der Waals surface area (Å²) in [4.78, 5) is 38.3. The molecule has 1 amide bonds. The van der Waals surface area contributed by atoms with E-state index in [2.05, 4.69) is 20.6 Å². The van der Waals surface area contributed by atoms with E-state index in [0.29, 0.717) is 61.4 Å². The van der Waals surface area contributed by atoms with Crippen LogP contribution in [0.4, 0.5) is 23.8 Å². The van der Waals surface area contributed by atoms with E-state index in [1.807, 2.05) is 26.8 Å². The lowest BCUT2D eigenvalue weighted by Crippen LogP contribution is -2.40. The van der Waals surface area contributed by atoms with Crippen molar-refractivity contribution in [1.29, 1.82) is 0 Å². The summed E-state index contributed by atoms with van der Waals surface area (Å²) in [6.45, 7) is 7.68. The van der Waals surface area contributed by atoms with E-state index in [9.17, 15) is 27.9 Å². The monoisotopic (exact) mass is 650 g/mol. The van der Waals surface area contributed by atoms with Crippen LogP contribution in [-0.2, 0) is 17.5 Å². The van der Waals surface area contributed by atoms with E-state index in [-0.39, 0.29) is 5.56 Å². The molecule has 0 saturated carbocycles. The first-order valence-electron chi connectivity index (χ1n) is 15.3. The van der Waals surface area contributed by atoms with Crippen LogP contribution in [0.5, 0.6) is 0 Å². The quantitative estimate of drug-likeness (QED) is 0.0824. The van der Waals surface area contributed by atoms with Gasteiger partial charge in [-0.15, -0.1) is 0 Å². The Morgan fingerprint density at radius 3 is 2.51 bits per heavy atom. The number of nitrogens with one attached hydrogen (secondary N) is 3. The minimum Gasteiger partial charge on any atom is -0.478 e. The van der Waals surface area contributed by atoms with Crippen molar-refractivity contribution in [1.82, 2.24) is 25.2 Å². The van der Waals surface area contributed by atoms with Gasteiger partial charge in [0, 0.05) is 71.3 Å². The van der Waals surface area contributed by atoms with Gasteiger partial charge >= 0.3 is 18.2 Å². The smallest absolute Gasteiger partial charge is 0.416 e. The molecule has 5 aromatic rings. The second-order valence-electron chi connectivity index (χ2n) is 12.3. The number of amides is 1. The molecule has 0 bridgehead atoms. The van der Waals surface area contributed by atoms with Gasteiger partial charge in [0.15, 0.2) is 0 Å². The number of benzene rings is 2. The summed E-state index contributed by atoms with van der Waals surface area (Å²) in [7, 11) is 0. The van der Waals surface area contributed by atoms with Gasteiger partial charge in [-0.25, -0.2) is 14.6 Å². The van der Waals surface area contributed by atoms with E-state index >= 15 is 0 Å². The zero-order chi connectivity index (χ0) is 33.8. The lowest BCUT2D eigenvalue weighted by Gasteiger charge is -2.27. The van der Waals surface area contributed by atoms with Crippen molar-refractivity contribution >= 4 is 50.5 Å². The second-order valence-corrected chi connectivity index (χ2v) is 12.3. The summed E-state index contributed by atoms with van der Waals surface area (Å²) in [6.07, 6.45) is -0.00504. The van der Waals surface area contributed by atoms with Crippen molar-refractivity contribution < 1.29 is 32.6 Å². The van der Waals surface area contributed by atoms with E-state index in [1.165, 1.54) is 18.2 Å². The molecule has 0 saturated heterocycles. The number of aromatic amines is 1. The topological polar surface area (TPSA) is 132 Å². The highest BCUT2D eigenvalue weighted by atomic mass is 19.4. The number of anilines is 1. The number of carbonyl (C=O) groups is 2. The molecule has 5 rings (SSSR count). The number of fused-ring (bicyclic) bond motifs is 4. The van der Waals surface area contributed by atoms with Crippen molar-refractivity contribution in [2.24, 2.45) is 0 Å². The van der Waals surface area contributed by atoms with Gasteiger partial charge in [-0.1, -0.05) is 6.07 Å². The molecule has 3 heterocycles. The molecular weight excluding hydrogens is 613 g/mol. The number of hydrogen-bond acceptors (Lipinski definition) is 7. The molecule has 47 heavy (non-hydrogen) atoms. The standard InChI is InChI=1S/C34H37F3N6O4/c1-33(2,3)47-32(46)43(14-5-4-11-38-19-24-17-22-16-23(34(35,36)37)7-9-28(22)41-24)15-13-40-30-26-10-12-39-20-27(26)25-8-6-21(31(44)45)18-29(25)42-30/h6-10,12,16-18,20,38,41H,4-5,11,13-15,19H2,1-3H3,(H,40,42)(H,44,45). The van der Waals surface area contributed by atoms with Crippen LogP contribution in [-0.4, -0.2) is 68.8 Å². The average molecular weight is 651 g/mol. The number of carboxylic acids is 1. The molecule has 2 aromatic carbocycles. The Hall–Kier alpha value is -4.91. The Labute approximate surface area is 269 Å². The summed E-state index contributed by atoms with van der Waals surface area (Å²) in [6, 6.07) is 12.0. The Kier molecular flexibility index (Phi) is 9.85. The fourth-order valence-corrected chi connectivity index (χ4v) is 5.29. The molecule has 0 unspecified atom stereocenters. The van der Waals surface area contributed by atoms with Crippen LogP contribution in [0.3, 0.4) is 0 Å². The predicted molar refractivity (Wildman–Crippen MR) is 175 cm³/mol. The molecule has 0 radical (unpaired) electrons. The van der Waals surface area contributed by atoms with Gasteiger partial charge in [0.25, 0.3) is 0 Å². The highest BCUT2D eigenvalue weighted by molar-refractivity contribution is 6.10. The third kappa shape index (κ3) is 8.47. The van der Waals surface area contributed by atoms with Gasteiger partial charge in [0.05, 0.1) is 16.6 Å². The molecule has 4 N–H and O–H groups in total. The fraction of sp³-hybridized carbons (Fsp3) is 0.353. The number of alkyl halides is 3. The number of hydrogen-bond donors (Lipinski definition) is 4. The number of halogens is 3. The molecule has 13 heteroatoms. The fourth-order valence-electron chi connectivity index (χ4n) is 5.29. The van der Waals surface area contributed by atoms with Crippen molar-refractivity contribution in [2.75, 3.05) is 31.5 Å². The maximum absolute atomic E-state index is 13.1. The number of nitrogens with zero attached hydrogens (tertiary/aromatic N) is 3. The molecule has 248 valence electrons. The summed E-state index contributed by atoms with van der Waals surface area (Å²) >= 11 is 0. The predicted octanol–water partition coefficient (Wildman–Crippen LogP) is 7.20. The summed E-state index contributed by atoms with van der Waals surface area (Å²) in [5.41, 5.74) is 0.723. The van der Waals surface area contributed by atoms with Crippen LogP contribution in [0.15, 0.2) is 60.9 Å². The molecular formula is C34H37F3N6O4. The van der Waals surface area contributed by atoms with Crippen molar-refractivity contribution in [2.45, 2.75) is 51.9 Å². The number of carbonyl (C=O) groups excluding carboxylic acids is 1. The maximum Gasteiger partial charge on any atom is 0.416 e. The third-order valence-electron chi connectivity index (χ3n) is 7.52. The Morgan fingerprint density at radius 2 is 1.77 bits per heavy atom. The van der Waals surface area contributed by atoms with Gasteiger partial charge in [-0.05, 0) is 82.6 Å². The Morgan fingerprint density at radius 1 is 0.957 bits per heavy atom.